The summed E-state index contributed by atoms with van der Waals surface area (Å²) in [7, 11) is 0. The molecule has 0 spiro atoms. The Morgan fingerprint density at radius 1 is 1.08 bits per heavy atom. The average Bonchev–Trinajstić information content (AvgIpc) is 2.89. The zero-order valence-corrected chi connectivity index (χ0v) is 22.0. The third kappa shape index (κ3) is 6.05. The van der Waals surface area contributed by atoms with Crippen LogP contribution in [0.4, 0.5) is 11.5 Å². The first-order valence-corrected chi connectivity index (χ1v) is 12.4. The predicted molar refractivity (Wildman–Crippen MR) is 142 cm³/mol. The number of anilines is 2. The number of rotatable bonds is 7. The number of hydrogen-bond donors (Lipinski definition) is 3. The Bertz CT molecular complexity index is 1310. The van der Waals surface area contributed by atoms with E-state index >= 15 is 0 Å². The highest BCUT2D eigenvalue weighted by Crippen LogP contribution is 2.31. The first-order chi connectivity index (χ1) is 17.5. The summed E-state index contributed by atoms with van der Waals surface area (Å²) in [6, 6.07) is 13.4. The summed E-state index contributed by atoms with van der Waals surface area (Å²) in [4.78, 5) is 15.8. The second kappa shape index (κ2) is 10.4. The first-order valence-electron chi connectivity index (χ1n) is 12.4. The van der Waals surface area contributed by atoms with Gasteiger partial charge in [-0.15, -0.1) is 0 Å². The molecule has 1 aliphatic rings. The fraction of sp³-hybridized carbons (Fsp3) is 0.429. The highest BCUT2D eigenvalue weighted by molar-refractivity contribution is 5.71. The quantitative estimate of drug-likeness (QED) is 0.413. The molecule has 0 radical (unpaired) electrons. The van der Waals surface area contributed by atoms with Crippen molar-refractivity contribution < 1.29 is 14.9 Å². The molecule has 0 bridgehead atoms. The highest BCUT2D eigenvalue weighted by Gasteiger charge is 2.25. The molecule has 9 heteroatoms. The maximum atomic E-state index is 10.9. The number of ether oxygens (including phenoxy) is 1. The molecule has 3 heterocycles. The van der Waals surface area contributed by atoms with Crippen LogP contribution < -0.4 is 10.2 Å². The second-order valence-corrected chi connectivity index (χ2v) is 10.4. The number of pyridine rings is 1. The number of aromatic nitrogens is 3. The van der Waals surface area contributed by atoms with Crippen molar-refractivity contribution in [2.75, 3.05) is 36.5 Å². The van der Waals surface area contributed by atoms with Gasteiger partial charge in [0.1, 0.15) is 11.4 Å². The van der Waals surface area contributed by atoms with Gasteiger partial charge >= 0.3 is 0 Å². The highest BCUT2D eigenvalue weighted by atomic mass is 16.5. The molecule has 37 heavy (non-hydrogen) atoms. The summed E-state index contributed by atoms with van der Waals surface area (Å²) in [6.07, 6.45) is 0.592. The first kappa shape index (κ1) is 26.5. The van der Waals surface area contributed by atoms with Crippen LogP contribution in [0.15, 0.2) is 42.6 Å². The van der Waals surface area contributed by atoms with Crippen molar-refractivity contribution in [3.63, 3.8) is 0 Å². The van der Waals surface area contributed by atoms with Crippen LogP contribution in [0.2, 0.25) is 0 Å². The van der Waals surface area contributed by atoms with E-state index in [-0.39, 0.29) is 0 Å². The van der Waals surface area contributed by atoms with Crippen LogP contribution in [0.3, 0.4) is 0 Å². The molecule has 1 aliphatic heterocycles. The van der Waals surface area contributed by atoms with Gasteiger partial charge in [-0.05, 0) is 64.4 Å². The molecule has 3 aromatic rings. The van der Waals surface area contributed by atoms with E-state index in [9.17, 15) is 15.5 Å². The van der Waals surface area contributed by atoms with Crippen LogP contribution >= 0.6 is 0 Å². The number of hydrogen-bond acceptors (Lipinski definition) is 9. The molecular formula is C28H34N6O3. The fourth-order valence-corrected chi connectivity index (χ4v) is 4.05. The third-order valence-electron chi connectivity index (χ3n) is 6.43. The minimum absolute atomic E-state index is 0.341. The second-order valence-electron chi connectivity index (χ2n) is 10.4. The lowest BCUT2D eigenvalue weighted by Gasteiger charge is -2.29. The minimum Gasteiger partial charge on any atom is -0.382 e. The number of nitrogens with one attached hydrogen (secondary N) is 1. The number of nitriles is 1. The third-order valence-corrected chi connectivity index (χ3v) is 6.43. The van der Waals surface area contributed by atoms with Gasteiger partial charge in [0.15, 0.2) is 12.1 Å². The largest absolute Gasteiger partial charge is 0.382 e. The van der Waals surface area contributed by atoms with Gasteiger partial charge in [-0.25, -0.2) is 9.97 Å². The van der Waals surface area contributed by atoms with Crippen molar-refractivity contribution in [3.05, 3.63) is 65.2 Å². The molecule has 1 aromatic carbocycles. The van der Waals surface area contributed by atoms with E-state index < -0.39 is 17.2 Å². The molecule has 1 saturated heterocycles. The lowest BCUT2D eigenvalue weighted by molar-refractivity contribution is 0.0687. The van der Waals surface area contributed by atoms with Crippen molar-refractivity contribution in [1.82, 2.24) is 15.0 Å². The zero-order valence-electron chi connectivity index (χ0n) is 22.0. The topological polar surface area (TPSA) is 127 Å². The molecule has 9 nitrogen and oxygen atoms in total. The van der Waals surface area contributed by atoms with Crippen LogP contribution in [0.25, 0.3) is 11.3 Å². The van der Waals surface area contributed by atoms with Gasteiger partial charge in [-0.3, -0.25) is 4.98 Å². The molecule has 0 aliphatic carbocycles. The summed E-state index contributed by atoms with van der Waals surface area (Å²) in [6.45, 7) is 11.6. The summed E-state index contributed by atoms with van der Waals surface area (Å²) in [5.74, 6) is 1.08. The summed E-state index contributed by atoms with van der Waals surface area (Å²) < 4.78 is 5.49. The minimum atomic E-state index is -1.22. The molecule has 0 saturated carbocycles. The van der Waals surface area contributed by atoms with Gasteiger partial charge < -0.3 is 25.2 Å². The van der Waals surface area contributed by atoms with E-state index in [1.165, 1.54) is 0 Å². The van der Waals surface area contributed by atoms with E-state index in [4.69, 9.17) is 9.72 Å². The van der Waals surface area contributed by atoms with Crippen LogP contribution in [0.5, 0.6) is 0 Å². The predicted octanol–water partition coefficient (Wildman–Crippen LogP) is 3.82. The number of aliphatic hydroxyl groups excluding tert-OH is 1. The molecule has 1 unspecified atom stereocenters. The number of morpholine rings is 1. The van der Waals surface area contributed by atoms with Crippen LogP contribution in [-0.4, -0.2) is 51.5 Å². The Balaban J connectivity index is 1.67. The SMILES string of the molecule is Cc1ccc(NC(O)c2ccnc(C(C)(C)C#N)c2)cc1-c1cc(N2CCOCC2)nc(C(C)(C)O)n1. The van der Waals surface area contributed by atoms with E-state index in [2.05, 4.69) is 26.3 Å². The summed E-state index contributed by atoms with van der Waals surface area (Å²) in [5.41, 5.74) is 2.46. The number of aliphatic hydroxyl groups is 2. The van der Waals surface area contributed by atoms with E-state index in [1.807, 2.05) is 31.2 Å². The molecule has 194 valence electrons. The Hall–Kier alpha value is -3.58. The number of aryl methyl sites for hydroxylation is 1. The molecule has 2 aromatic heterocycles. The van der Waals surface area contributed by atoms with E-state index in [0.717, 1.165) is 16.9 Å². The van der Waals surface area contributed by atoms with Gasteiger partial charge in [0.25, 0.3) is 0 Å². The monoisotopic (exact) mass is 502 g/mol. The molecule has 3 N–H and O–H groups in total. The number of nitrogens with zero attached hydrogens (tertiary/aromatic N) is 5. The van der Waals surface area contributed by atoms with Crippen LogP contribution in [0, 0.1) is 18.3 Å². The van der Waals surface area contributed by atoms with Gasteiger partial charge in [-0.2, -0.15) is 5.26 Å². The smallest absolute Gasteiger partial charge is 0.162 e. The average molecular weight is 503 g/mol. The molecule has 4 rings (SSSR count). The Kier molecular flexibility index (Phi) is 7.46. The zero-order chi connectivity index (χ0) is 26.8. The van der Waals surface area contributed by atoms with Gasteiger partial charge in [0.2, 0.25) is 0 Å². The normalized spacial score (nSPS) is 15.2. The van der Waals surface area contributed by atoms with E-state index in [0.29, 0.717) is 54.8 Å². The van der Waals surface area contributed by atoms with Crippen molar-refractivity contribution in [3.8, 4) is 17.3 Å². The van der Waals surface area contributed by atoms with Gasteiger partial charge in [0, 0.05) is 42.2 Å². The molecule has 1 fully saturated rings. The summed E-state index contributed by atoms with van der Waals surface area (Å²) >= 11 is 0. The van der Waals surface area contributed by atoms with Gasteiger partial charge in [-0.1, -0.05) is 6.07 Å². The maximum Gasteiger partial charge on any atom is 0.162 e. The van der Waals surface area contributed by atoms with E-state index in [1.54, 1.807) is 46.0 Å². The van der Waals surface area contributed by atoms with Crippen molar-refractivity contribution in [2.24, 2.45) is 0 Å². The van der Waals surface area contributed by atoms with Crippen molar-refractivity contribution >= 4 is 11.5 Å². The molecular weight excluding hydrogens is 468 g/mol. The molecule has 1 atom stereocenters. The Labute approximate surface area is 217 Å². The van der Waals surface area contributed by atoms with Crippen LogP contribution in [-0.2, 0) is 15.8 Å². The maximum absolute atomic E-state index is 10.9. The molecule has 0 amide bonds. The fourth-order valence-electron chi connectivity index (χ4n) is 4.05. The van der Waals surface area contributed by atoms with Gasteiger partial charge in [0.05, 0.1) is 36.1 Å². The Morgan fingerprint density at radius 3 is 2.49 bits per heavy atom. The Morgan fingerprint density at radius 2 is 1.81 bits per heavy atom. The van der Waals surface area contributed by atoms with Crippen molar-refractivity contribution in [1.29, 1.82) is 5.26 Å². The lowest BCUT2D eigenvalue weighted by Crippen LogP contribution is -2.37. The standard InChI is InChI=1S/C28H34N6O3/c1-18-6-7-20(31-25(35)19-8-9-30-23(14-19)27(2,3)17-29)15-21(18)22-16-24(34-10-12-37-13-11-34)33-26(32-22)28(4,5)36/h6-9,14-16,25,31,35-36H,10-13H2,1-5H3. The van der Waals surface area contributed by atoms with Crippen molar-refractivity contribution in [2.45, 2.75) is 51.9 Å². The van der Waals surface area contributed by atoms with Crippen LogP contribution in [0.1, 0.15) is 56.6 Å². The lowest BCUT2D eigenvalue weighted by atomic mass is 9.90. The summed E-state index contributed by atoms with van der Waals surface area (Å²) in [5, 5.41) is 34.2. The number of benzene rings is 1.